The van der Waals surface area contributed by atoms with Gasteiger partial charge in [0.05, 0.1) is 19.3 Å². The minimum atomic E-state index is 0.360. The predicted octanol–water partition coefficient (Wildman–Crippen LogP) is 4.06. The van der Waals surface area contributed by atoms with Gasteiger partial charge >= 0.3 is 0 Å². The van der Waals surface area contributed by atoms with Crippen LogP contribution in [0.2, 0.25) is 0 Å². The molecular weight excluding hydrogens is 234 g/mol. The molecule has 1 N–H and O–H groups in total. The summed E-state index contributed by atoms with van der Waals surface area (Å²) in [5.41, 5.74) is 2.75. The molecule has 1 aliphatic heterocycles. The van der Waals surface area contributed by atoms with Crippen molar-refractivity contribution >= 4 is 0 Å². The van der Waals surface area contributed by atoms with Gasteiger partial charge in [-0.15, -0.1) is 0 Å². The predicted molar refractivity (Wildman–Crippen MR) is 80.1 cm³/mol. The summed E-state index contributed by atoms with van der Waals surface area (Å²) < 4.78 is 5.69. The Morgan fingerprint density at radius 3 is 2.79 bits per heavy atom. The van der Waals surface area contributed by atoms with Crippen LogP contribution in [-0.4, -0.2) is 12.6 Å². The fourth-order valence-electron chi connectivity index (χ4n) is 2.78. The maximum Gasteiger partial charge on any atom is 0.0721 e. The summed E-state index contributed by atoms with van der Waals surface area (Å²) in [6.45, 7) is 8.44. The van der Waals surface area contributed by atoms with Crippen molar-refractivity contribution in [2.45, 2.75) is 58.7 Å². The molecule has 2 rings (SSSR count). The molecule has 1 aromatic carbocycles. The zero-order valence-corrected chi connectivity index (χ0v) is 12.5. The van der Waals surface area contributed by atoms with E-state index in [9.17, 15) is 0 Å². The lowest BCUT2D eigenvalue weighted by Gasteiger charge is -2.29. The summed E-state index contributed by atoms with van der Waals surface area (Å²) in [4.78, 5) is 0. The Morgan fingerprint density at radius 2 is 2.00 bits per heavy atom. The van der Waals surface area contributed by atoms with Gasteiger partial charge in [-0.2, -0.15) is 0 Å². The average Bonchev–Trinajstić information content (AvgIpc) is 2.39. The molecule has 0 bridgehead atoms. The summed E-state index contributed by atoms with van der Waals surface area (Å²) in [6, 6.07) is 9.54. The lowest BCUT2D eigenvalue weighted by atomic mass is 9.97. The quantitative estimate of drug-likeness (QED) is 0.833. The highest BCUT2D eigenvalue weighted by atomic mass is 16.5. The van der Waals surface area contributed by atoms with E-state index in [1.807, 2.05) is 0 Å². The molecule has 0 saturated heterocycles. The highest BCUT2D eigenvalue weighted by molar-refractivity contribution is 5.31. The molecule has 0 aliphatic carbocycles. The van der Waals surface area contributed by atoms with Crippen molar-refractivity contribution in [3.63, 3.8) is 0 Å². The van der Waals surface area contributed by atoms with Crippen LogP contribution in [0.5, 0.6) is 0 Å². The van der Waals surface area contributed by atoms with Crippen LogP contribution in [0.3, 0.4) is 0 Å². The van der Waals surface area contributed by atoms with Crippen molar-refractivity contribution in [3.05, 3.63) is 35.4 Å². The van der Waals surface area contributed by atoms with Gasteiger partial charge in [0.2, 0.25) is 0 Å². The highest BCUT2D eigenvalue weighted by Gasteiger charge is 2.21. The largest absolute Gasteiger partial charge is 0.375 e. The number of ether oxygens (including phenoxy) is 1. The minimum Gasteiger partial charge on any atom is -0.375 e. The van der Waals surface area contributed by atoms with E-state index >= 15 is 0 Å². The number of nitrogens with one attached hydrogen (secondary N) is 1. The fraction of sp³-hybridized carbons (Fsp3) is 0.647. The van der Waals surface area contributed by atoms with E-state index in [2.05, 4.69) is 50.4 Å². The van der Waals surface area contributed by atoms with Crippen molar-refractivity contribution in [1.82, 2.24) is 5.32 Å². The molecule has 0 saturated carbocycles. The molecule has 1 aromatic rings. The third-order valence-electron chi connectivity index (χ3n) is 3.88. The zero-order valence-electron chi connectivity index (χ0n) is 12.5. The molecule has 19 heavy (non-hydrogen) atoms. The van der Waals surface area contributed by atoms with Crippen molar-refractivity contribution in [2.24, 2.45) is 5.92 Å². The van der Waals surface area contributed by atoms with Gasteiger partial charge in [0.25, 0.3) is 0 Å². The number of benzene rings is 1. The Balaban J connectivity index is 1.86. The summed E-state index contributed by atoms with van der Waals surface area (Å²) in [5.74, 6) is 0.811. The molecule has 2 atom stereocenters. The SMILES string of the molecule is CC(C)CCCC(C)NC1COCc2ccccc21. The van der Waals surface area contributed by atoms with Crippen molar-refractivity contribution < 1.29 is 4.74 Å². The van der Waals surface area contributed by atoms with Crippen molar-refractivity contribution in [3.8, 4) is 0 Å². The number of fused-ring (bicyclic) bond motifs is 1. The summed E-state index contributed by atoms with van der Waals surface area (Å²) in [7, 11) is 0. The van der Waals surface area contributed by atoms with E-state index in [-0.39, 0.29) is 0 Å². The maximum atomic E-state index is 5.69. The van der Waals surface area contributed by atoms with Crippen LogP contribution in [0.25, 0.3) is 0 Å². The van der Waals surface area contributed by atoms with Crippen LogP contribution in [0.1, 0.15) is 57.2 Å². The molecule has 2 heteroatoms. The molecule has 0 spiro atoms. The van der Waals surface area contributed by atoms with Crippen LogP contribution in [-0.2, 0) is 11.3 Å². The topological polar surface area (TPSA) is 21.3 Å². The Bertz CT molecular complexity index is 389. The van der Waals surface area contributed by atoms with E-state index in [4.69, 9.17) is 4.74 Å². The smallest absolute Gasteiger partial charge is 0.0721 e. The molecule has 1 aliphatic rings. The molecule has 2 unspecified atom stereocenters. The van der Waals surface area contributed by atoms with Gasteiger partial charge in [0.15, 0.2) is 0 Å². The first-order valence-corrected chi connectivity index (χ1v) is 7.58. The summed E-state index contributed by atoms with van der Waals surface area (Å²) in [6.07, 6.45) is 3.88. The number of rotatable bonds is 6. The average molecular weight is 261 g/mol. The Morgan fingerprint density at radius 1 is 1.21 bits per heavy atom. The monoisotopic (exact) mass is 261 g/mol. The second-order valence-electron chi connectivity index (χ2n) is 6.16. The van der Waals surface area contributed by atoms with Crippen LogP contribution >= 0.6 is 0 Å². The lowest BCUT2D eigenvalue weighted by Crippen LogP contribution is -2.35. The molecule has 1 heterocycles. The van der Waals surface area contributed by atoms with E-state index in [0.29, 0.717) is 12.1 Å². The van der Waals surface area contributed by atoms with E-state index in [0.717, 1.165) is 19.1 Å². The molecule has 0 amide bonds. The van der Waals surface area contributed by atoms with Crippen LogP contribution in [0.4, 0.5) is 0 Å². The Labute approximate surface area is 117 Å². The van der Waals surface area contributed by atoms with E-state index < -0.39 is 0 Å². The number of hydrogen-bond acceptors (Lipinski definition) is 2. The van der Waals surface area contributed by atoms with Gasteiger partial charge < -0.3 is 10.1 Å². The van der Waals surface area contributed by atoms with Gasteiger partial charge in [-0.05, 0) is 30.4 Å². The normalized spacial score (nSPS) is 20.3. The first kappa shape index (κ1) is 14.5. The third-order valence-corrected chi connectivity index (χ3v) is 3.88. The Hall–Kier alpha value is -0.860. The molecule has 0 aromatic heterocycles. The van der Waals surface area contributed by atoms with Gasteiger partial charge in [0.1, 0.15) is 0 Å². The minimum absolute atomic E-state index is 0.360. The van der Waals surface area contributed by atoms with Gasteiger partial charge in [0, 0.05) is 6.04 Å². The standard InChI is InChI=1S/C17H27NO/c1-13(2)7-6-8-14(3)18-17-12-19-11-15-9-4-5-10-16(15)17/h4-5,9-10,13-14,17-18H,6-8,11-12H2,1-3H3. The fourth-order valence-corrected chi connectivity index (χ4v) is 2.78. The summed E-state index contributed by atoms with van der Waals surface area (Å²) in [5, 5.41) is 3.72. The molecule has 2 nitrogen and oxygen atoms in total. The van der Waals surface area contributed by atoms with Crippen LogP contribution in [0, 0.1) is 5.92 Å². The van der Waals surface area contributed by atoms with E-state index in [1.54, 1.807) is 0 Å². The highest BCUT2D eigenvalue weighted by Crippen LogP contribution is 2.25. The first-order valence-electron chi connectivity index (χ1n) is 7.58. The second-order valence-corrected chi connectivity index (χ2v) is 6.16. The second kappa shape index (κ2) is 7.06. The van der Waals surface area contributed by atoms with Crippen molar-refractivity contribution in [1.29, 1.82) is 0 Å². The summed E-state index contributed by atoms with van der Waals surface area (Å²) >= 11 is 0. The third kappa shape index (κ3) is 4.32. The maximum absolute atomic E-state index is 5.69. The molecule has 0 fully saturated rings. The molecule has 106 valence electrons. The first-order chi connectivity index (χ1) is 9.16. The van der Waals surface area contributed by atoms with E-state index in [1.165, 1.54) is 30.4 Å². The van der Waals surface area contributed by atoms with Gasteiger partial charge in [-0.25, -0.2) is 0 Å². The zero-order chi connectivity index (χ0) is 13.7. The van der Waals surface area contributed by atoms with Crippen molar-refractivity contribution in [2.75, 3.05) is 6.61 Å². The van der Waals surface area contributed by atoms with Gasteiger partial charge in [-0.3, -0.25) is 0 Å². The Kier molecular flexibility index (Phi) is 5.41. The molecule has 0 radical (unpaired) electrons. The number of hydrogen-bond donors (Lipinski definition) is 1. The van der Waals surface area contributed by atoms with Crippen LogP contribution < -0.4 is 5.32 Å². The molecular formula is C17H27NO. The van der Waals surface area contributed by atoms with Crippen LogP contribution in [0.15, 0.2) is 24.3 Å². The van der Waals surface area contributed by atoms with Gasteiger partial charge in [-0.1, -0.05) is 51.0 Å². The lowest BCUT2D eigenvalue weighted by molar-refractivity contribution is 0.0786.